The molecule has 1 aromatic heterocycles. The molecule has 3 nitrogen and oxygen atoms in total. The van der Waals surface area contributed by atoms with Gasteiger partial charge in [-0.25, -0.2) is 4.98 Å². The first kappa shape index (κ1) is 12.0. The predicted molar refractivity (Wildman–Crippen MR) is 73.4 cm³/mol. The number of nitrogens with zero attached hydrogens (tertiary/aromatic N) is 1. The molecule has 1 aliphatic heterocycles. The van der Waals surface area contributed by atoms with Crippen molar-refractivity contribution >= 4 is 22.9 Å². The highest BCUT2D eigenvalue weighted by Gasteiger charge is 2.29. The molecule has 0 radical (unpaired) electrons. The molecule has 0 amide bonds. The van der Waals surface area contributed by atoms with Gasteiger partial charge in [0.25, 0.3) is 0 Å². The smallest absolute Gasteiger partial charge is 0.143 e. The van der Waals surface area contributed by atoms with Crippen LogP contribution in [0.4, 0.5) is 0 Å². The second-order valence-corrected chi connectivity index (χ2v) is 5.43. The van der Waals surface area contributed by atoms with Crippen LogP contribution in [-0.2, 0) is 0 Å². The monoisotopic (exact) mass is 280 g/mol. The second kappa shape index (κ2) is 4.88. The van der Waals surface area contributed by atoms with Crippen LogP contribution in [0.15, 0.2) is 29.1 Å². The van der Waals surface area contributed by atoms with Gasteiger partial charge in [0.15, 0.2) is 0 Å². The highest BCUT2D eigenvalue weighted by molar-refractivity contribution is 7.07. The Morgan fingerprint density at radius 2 is 2.39 bits per heavy atom. The molecule has 1 N–H and O–H groups in total. The van der Waals surface area contributed by atoms with Crippen molar-refractivity contribution in [2.75, 3.05) is 7.05 Å². The van der Waals surface area contributed by atoms with Crippen molar-refractivity contribution < 1.29 is 4.74 Å². The Labute approximate surface area is 115 Å². The van der Waals surface area contributed by atoms with E-state index in [-0.39, 0.29) is 12.1 Å². The van der Waals surface area contributed by atoms with Crippen LogP contribution in [-0.4, -0.2) is 12.0 Å². The number of ether oxygens (including phenoxy) is 1. The maximum absolute atomic E-state index is 6.04. The third kappa shape index (κ3) is 2.11. The van der Waals surface area contributed by atoms with E-state index in [2.05, 4.69) is 10.3 Å². The minimum atomic E-state index is 0.0161. The van der Waals surface area contributed by atoms with Crippen molar-refractivity contribution in [2.45, 2.75) is 18.6 Å². The standard InChI is InChI=1S/C13H13ClN2OS/c1-15-10-5-13(11-6-18-7-16-11)17-12-3-2-8(14)4-9(10)12/h2-4,6-7,10,13,15H,5H2,1H3. The van der Waals surface area contributed by atoms with Crippen molar-refractivity contribution in [3.8, 4) is 5.75 Å². The molecule has 2 heterocycles. The van der Waals surface area contributed by atoms with E-state index in [1.54, 1.807) is 11.3 Å². The van der Waals surface area contributed by atoms with Crippen LogP contribution in [0.2, 0.25) is 5.02 Å². The number of rotatable bonds is 2. The highest BCUT2D eigenvalue weighted by atomic mass is 35.5. The molecule has 0 fully saturated rings. The van der Waals surface area contributed by atoms with Gasteiger partial charge in [-0.1, -0.05) is 11.6 Å². The Morgan fingerprint density at radius 3 is 3.11 bits per heavy atom. The fraction of sp³-hybridized carbons (Fsp3) is 0.308. The molecule has 5 heteroatoms. The van der Waals surface area contributed by atoms with E-state index in [0.29, 0.717) is 0 Å². The number of hydrogen-bond donors (Lipinski definition) is 1. The van der Waals surface area contributed by atoms with E-state index >= 15 is 0 Å². The van der Waals surface area contributed by atoms with Crippen molar-refractivity contribution in [1.29, 1.82) is 0 Å². The molecule has 1 aliphatic rings. The molecule has 2 aromatic rings. The number of hydrogen-bond acceptors (Lipinski definition) is 4. The minimum absolute atomic E-state index is 0.0161. The molecule has 2 atom stereocenters. The first-order chi connectivity index (χ1) is 8.78. The molecule has 94 valence electrons. The van der Waals surface area contributed by atoms with E-state index in [1.165, 1.54) is 0 Å². The number of halogens is 1. The normalized spacial score (nSPS) is 22.3. The van der Waals surface area contributed by atoms with Crippen LogP contribution in [0.3, 0.4) is 0 Å². The summed E-state index contributed by atoms with van der Waals surface area (Å²) >= 11 is 7.63. The topological polar surface area (TPSA) is 34.2 Å². The molecular weight excluding hydrogens is 268 g/mol. The first-order valence-corrected chi connectivity index (χ1v) is 7.11. The van der Waals surface area contributed by atoms with Crippen LogP contribution in [0.25, 0.3) is 0 Å². The van der Waals surface area contributed by atoms with Gasteiger partial charge in [0.2, 0.25) is 0 Å². The van der Waals surface area contributed by atoms with Crippen LogP contribution < -0.4 is 10.1 Å². The van der Waals surface area contributed by atoms with Gasteiger partial charge in [0, 0.05) is 28.4 Å². The molecule has 0 saturated heterocycles. The lowest BCUT2D eigenvalue weighted by atomic mass is 9.95. The van der Waals surface area contributed by atoms with Crippen molar-refractivity contribution in [2.24, 2.45) is 0 Å². The average Bonchev–Trinajstić information content (AvgIpc) is 2.91. The summed E-state index contributed by atoms with van der Waals surface area (Å²) in [4.78, 5) is 4.34. The van der Waals surface area contributed by atoms with E-state index in [1.807, 2.05) is 36.1 Å². The number of aromatic nitrogens is 1. The molecule has 0 aliphatic carbocycles. The second-order valence-electron chi connectivity index (χ2n) is 4.28. The van der Waals surface area contributed by atoms with E-state index in [4.69, 9.17) is 16.3 Å². The van der Waals surface area contributed by atoms with Crippen LogP contribution >= 0.6 is 22.9 Å². The van der Waals surface area contributed by atoms with Gasteiger partial charge in [-0.2, -0.15) is 0 Å². The summed E-state index contributed by atoms with van der Waals surface area (Å²) < 4.78 is 6.01. The molecule has 0 spiro atoms. The summed E-state index contributed by atoms with van der Waals surface area (Å²) in [6, 6.07) is 6.01. The van der Waals surface area contributed by atoms with Crippen LogP contribution in [0, 0.1) is 0 Å². The van der Waals surface area contributed by atoms with Crippen LogP contribution in [0.1, 0.15) is 29.8 Å². The maximum atomic E-state index is 6.04. The van der Waals surface area contributed by atoms with E-state index < -0.39 is 0 Å². The summed E-state index contributed by atoms with van der Waals surface area (Å²) in [6.07, 6.45) is 0.885. The maximum Gasteiger partial charge on any atom is 0.143 e. The largest absolute Gasteiger partial charge is 0.484 e. The zero-order valence-electron chi connectivity index (χ0n) is 9.89. The summed E-state index contributed by atoms with van der Waals surface area (Å²) in [6.45, 7) is 0. The summed E-state index contributed by atoms with van der Waals surface area (Å²) in [5.74, 6) is 0.892. The van der Waals surface area contributed by atoms with E-state index in [0.717, 1.165) is 28.5 Å². The molecule has 1 aromatic carbocycles. The molecule has 0 bridgehead atoms. The van der Waals surface area contributed by atoms with Crippen molar-refractivity contribution in [3.63, 3.8) is 0 Å². The van der Waals surface area contributed by atoms with Gasteiger partial charge >= 0.3 is 0 Å². The van der Waals surface area contributed by atoms with Gasteiger partial charge in [0.05, 0.1) is 11.2 Å². The highest BCUT2D eigenvalue weighted by Crippen LogP contribution is 2.41. The molecular formula is C13H13ClN2OS. The van der Waals surface area contributed by atoms with Gasteiger partial charge in [-0.05, 0) is 25.2 Å². The fourth-order valence-corrected chi connectivity index (χ4v) is 3.05. The van der Waals surface area contributed by atoms with Gasteiger partial charge < -0.3 is 10.1 Å². The van der Waals surface area contributed by atoms with Crippen molar-refractivity contribution in [3.05, 3.63) is 45.4 Å². The summed E-state index contributed by atoms with van der Waals surface area (Å²) in [7, 11) is 1.96. The number of thiazole rings is 1. The van der Waals surface area contributed by atoms with E-state index in [9.17, 15) is 0 Å². The molecule has 0 saturated carbocycles. The van der Waals surface area contributed by atoms with Gasteiger partial charge in [-0.3, -0.25) is 0 Å². The Morgan fingerprint density at radius 1 is 1.50 bits per heavy atom. The zero-order valence-corrected chi connectivity index (χ0v) is 11.5. The number of nitrogens with one attached hydrogen (secondary N) is 1. The third-order valence-corrected chi connectivity index (χ3v) is 4.04. The molecule has 18 heavy (non-hydrogen) atoms. The Balaban J connectivity index is 1.97. The van der Waals surface area contributed by atoms with Gasteiger partial charge in [0.1, 0.15) is 11.9 Å². The molecule has 3 rings (SSSR count). The quantitative estimate of drug-likeness (QED) is 0.913. The Bertz CT molecular complexity index is 544. The third-order valence-electron chi connectivity index (χ3n) is 3.20. The fourth-order valence-electron chi connectivity index (χ4n) is 2.28. The number of fused-ring (bicyclic) bond motifs is 1. The SMILES string of the molecule is CNC1CC(c2cscn2)Oc2ccc(Cl)cc21. The summed E-state index contributed by atoms with van der Waals surface area (Å²) in [5, 5.41) is 6.10. The lowest BCUT2D eigenvalue weighted by molar-refractivity contribution is 0.150. The first-order valence-electron chi connectivity index (χ1n) is 5.79. The lowest BCUT2D eigenvalue weighted by Crippen LogP contribution is -2.26. The van der Waals surface area contributed by atoms with Crippen molar-refractivity contribution in [1.82, 2.24) is 10.3 Å². The Kier molecular flexibility index (Phi) is 3.24. The predicted octanol–water partition coefficient (Wildman–Crippen LogP) is 3.58. The Hall–Kier alpha value is -1.10. The minimum Gasteiger partial charge on any atom is -0.484 e. The summed E-state index contributed by atoms with van der Waals surface area (Å²) in [5.41, 5.74) is 3.96. The van der Waals surface area contributed by atoms with Gasteiger partial charge in [-0.15, -0.1) is 11.3 Å². The van der Waals surface area contributed by atoms with Crippen LogP contribution in [0.5, 0.6) is 5.75 Å². The lowest BCUT2D eigenvalue weighted by Gasteiger charge is -2.31. The average molecular weight is 281 g/mol. The zero-order chi connectivity index (χ0) is 12.5. The molecule has 2 unspecified atom stereocenters. The number of benzene rings is 1.